The Bertz CT molecular complexity index is 2120. The summed E-state index contributed by atoms with van der Waals surface area (Å²) in [6, 6.07) is -0.695. The summed E-state index contributed by atoms with van der Waals surface area (Å²) < 4.78 is 86.6. The number of carbonyl (C=O) groups is 2. The van der Waals surface area contributed by atoms with Crippen molar-refractivity contribution in [1.29, 1.82) is 0 Å². The minimum absolute atomic E-state index is 0. The number of fused-ring (bicyclic) bond motifs is 6. The summed E-state index contributed by atoms with van der Waals surface area (Å²) in [6.45, 7) is 16.9. The van der Waals surface area contributed by atoms with Crippen molar-refractivity contribution in [3.8, 4) is 0 Å². The van der Waals surface area contributed by atoms with Gasteiger partial charge >= 0.3 is 10.4 Å². The van der Waals surface area contributed by atoms with E-state index in [1.165, 1.54) is 101 Å². The molecule has 2 aromatic rings. The molecule has 70 heavy (non-hydrogen) atoms. The summed E-state index contributed by atoms with van der Waals surface area (Å²) in [5, 5.41) is 21.5. The van der Waals surface area contributed by atoms with Gasteiger partial charge in [-0.05, 0) is 126 Å². The van der Waals surface area contributed by atoms with Crippen molar-refractivity contribution in [2.24, 2.45) is 34.5 Å². The van der Waals surface area contributed by atoms with E-state index in [-0.39, 0.29) is 55.8 Å². The van der Waals surface area contributed by atoms with Crippen molar-refractivity contribution in [2.75, 3.05) is 39.3 Å². The zero-order valence-electron chi connectivity index (χ0n) is 41.5. The van der Waals surface area contributed by atoms with Crippen LogP contribution < -0.4 is 5.32 Å². The van der Waals surface area contributed by atoms with E-state index in [0.717, 1.165) is 61.7 Å². The smallest absolute Gasteiger partial charge is 0.418 e. The monoisotopic (exact) mass is 1190 g/mol. The molecule has 2 unspecified atom stereocenters. The van der Waals surface area contributed by atoms with Crippen LogP contribution in [0.1, 0.15) is 185 Å². The number of rotatable bonds is 22. The molecular formula is C47H76N8O12S2W. The number of carbonyl (C=O) groups excluding carboxylic acids is 2. The Balaban J connectivity index is 0.000000158. The van der Waals surface area contributed by atoms with Crippen LogP contribution in [-0.4, -0.2) is 124 Å². The minimum Gasteiger partial charge on any atom is -0.724 e. The molecule has 10 rings (SSSR count). The molecule has 3 aliphatic heterocycles. The van der Waals surface area contributed by atoms with E-state index in [1.54, 1.807) is 0 Å². The number of nitrogens with one attached hydrogen (secondary N) is 1. The van der Waals surface area contributed by atoms with Crippen LogP contribution in [0.2, 0.25) is 0 Å². The average molecular weight is 1190 g/mol. The van der Waals surface area contributed by atoms with Crippen molar-refractivity contribution in [2.45, 2.75) is 186 Å². The molecule has 2 amide bonds. The Morgan fingerprint density at radius 2 is 1.09 bits per heavy atom. The Morgan fingerprint density at radius 1 is 0.671 bits per heavy atom. The average Bonchev–Trinajstić information content (AvgIpc) is 4.00. The number of nitrogens with zero attached hydrogens (tertiary/aromatic N) is 7. The van der Waals surface area contributed by atoms with E-state index in [0.29, 0.717) is 61.1 Å². The van der Waals surface area contributed by atoms with Gasteiger partial charge in [-0.3, -0.25) is 14.1 Å². The third-order valence-electron chi connectivity index (χ3n) is 16.9. The van der Waals surface area contributed by atoms with Crippen LogP contribution in [0.15, 0.2) is 8.83 Å². The number of aromatic nitrogens is 4. The number of hydroxylamine groups is 4. The van der Waals surface area contributed by atoms with Crippen molar-refractivity contribution in [1.82, 2.24) is 35.8 Å². The topological polar surface area (TPSA) is 261 Å². The molecule has 5 aliphatic carbocycles. The zero-order valence-corrected chi connectivity index (χ0v) is 46.1. The molecule has 8 fully saturated rings. The quantitative estimate of drug-likeness (QED) is 0.0740. The molecule has 2 aromatic heterocycles. The minimum atomic E-state index is -4.99. The van der Waals surface area contributed by atoms with E-state index < -0.39 is 44.4 Å². The molecule has 3 saturated heterocycles. The molecule has 23 heteroatoms. The summed E-state index contributed by atoms with van der Waals surface area (Å²) in [7, 11) is -9.73. The fourth-order valence-corrected chi connectivity index (χ4v) is 13.0. The van der Waals surface area contributed by atoms with Crippen LogP contribution in [0.4, 0.5) is 0 Å². The van der Waals surface area contributed by atoms with Crippen molar-refractivity contribution in [3.05, 3.63) is 23.6 Å². The molecule has 394 valence electrons. The van der Waals surface area contributed by atoms with Crippen LogP contribution >= 0.6 is 0 Å². The standard InChI is InChI=1S/C16H21N3O6S.C16H36N.C15H20N4O6S.W/c20-15-10-7-12(19(15)25-26(21,22)23)16(4-5-16)8-11(10)14-18-17-13(24-14)6-9-2-1-3-9;1-5-9-13-17(14-10-6-2,15-11-7-3)16-12-8-4;20-14-9-4-11(19(14)25-26(21,22)23)15(1-2-15)5-10(9)13-18-17-12(24-13)3-8-6-16-7-8;/h9-12H,1-8H2,(H,21,22,23);5-16H2,1-4H3;8-11,16H,1-7H2,(H,21,22,23);/q;+1;;/p-1/t10?,11-,12+;;9?,10-,11+;/m1.1./s1. The molecule has 5 heterocycles. The second kappa shape index (κ2) is 23.0. The van der Waals surface area contributed by atoms with Gasteiger partial charge in [-0.15, -0.1) is 24.7 Å². The molecule has 5 saturated carbocycles. The van der Waals surface area contributed by atoms with Crippen molar-refractivity contribution < 1.29 is 78.5 Å². The van der Waals surface area contributed by atoms with Gasteiger partial charge in [0.15, 0.2) is 0 Å². The normalized spacial score (nSPS) is 27.3. The maximum absolute atomic E-state index is 12.7. The molecule has 2 N–H and O–H groups in total. The molecule has 6 atom stereocenters. The first kappa shape index (κ1) is 55.3. The number of hydrogen-bond acceptors (Lipinski definition) is 16. The first-order valence-electron chi connectivity index (χ1n) is 26.1. The van der Waals surface area contributed by atoms with E-state index in [1.807, 2.05) is 0 Å². The summed E-state index contributed by atoms with van der Waals surface area (Å²) in [6.07, 6.45) is 22.0. The van der Waals surface area contributed by atoms with Gasteiger partial charge in [0.2, 0.25) is 34.0 Å². The number of quaternary nitrogens is 1. The van der Waals surface area contributed by atoms with Gasteiger partial charge in [0.25, 0.3) is 11.8 Å². The number of hydrogen-bond donors (Lipinski definition) is 2. The van der Waals surface area contributed by atoms with Crippen LogP contribution in [0.5, 0.6) is 0 Å². The van der Waals surface area contributed by atoms with Crippen LogP contribution in [0, 0.1) is 34.5 Å². The maximum atomic E-state index is 12.7. The molecule has 4 bridgehead atoms. The number of unbranched alkanes of at least 4 members (excludes halogenated alkanes) is 4. The SMILES string of the molecule is CCCC[N+](CCCC)(CCCC)CCCC.O=C1C2C[C@H](N1OS(=O)(=O)O)C1(CC1)C[C@H]2c1nnc(CC2CNC2)o1.O=C1C2C[C@H](N1OS(=O)(=O)[O-])C1(CC1)C[C@H]2c1nnc(CC2CCC2)o1.[W]. The maximum Gasteiger partial charge on any atom is 0.418 e. The van der Waals surface area contributed by atoms with Crippen LogP contribution in [0.25, 0.3) is 0 Å². The third kappa shape index (κ3) is 12.9. The van der Waals surface area contributed by atoms with Crippen molar-refractivity contribution >= 4 is 32.6 Å². The molecule has 20 nitrogen and oxygen atoms in total. The zero-order chi connectivity index (χ0) is 49.2. The Morgan fingerprint density at radius 3 is 1.41 bits per heavy atom. The molecular weight excluding hydrogens is 1120 g/mol. The first-order chi connectivity index (χ1) is 32.9. The van der Waals surface area contributed by atoms with Gasteiger partial charge in [-0.25, -0.2) is 13.5 Å². The predicted octanol–water partition coefficient (Wildman–Crippen LogP) is 6.34. The van der Waals surface area contributed by atoms with Crippen molar-refractivity contribution in [3.63, 3.8) is 0 Å². The fraction of sp³-hybridized carbons (Fsp3) is 0.872. The molecule has 8 aliphatic rings. The van der Waals surface area contributed by atoms with Gasteiger partial charge in [-0.1, -0.05) is 59.8 Å². The van der Waals surface area contributed by atoms with Gasteiger partial charge in [0.1, 0.15) is 0 Å². The van der Waals surface area contributed by atoms with Crippen LogP contribution in [-0.2, 0) is 72.9 Å². The van der Waals surface area contributed by atoms with E-state index in [4.69, 9.17) is 13.4 Å². The summed E-state index contributed by atoms with van der Waals surface area (Å²) >= 11 is 0. The first-order valence-corrected chi connectivity index (χ1v) is 28.8. The second-order valence-corrected chi connectivity index (χ2v) is 23.8. The largest absolute Gasteiger partial charge is 0.724 e. The summed E-state index contributed by atoms with van der Waals surface area (Å²) in [5.74, 6) is 0.853. The third-order valence-corrected chi connectivity index (χ3v) is 17.6. The van der Waals surface area contributed by atoms with Crippen LogP contribution in [0.3, 0.4) is 0 Å². The Kier molecular flexibility index (Phi) is 18.2. The van der Waals surface area contributed by atoms with Gasteiger partial charge in [-0.2, -0.15) is 17.8 Å². The predicted molar refractivity (Wildman–Crippen MR) is 248 cm³/mol. The molecule has 0 radical (unpaired) electrons. The second-order valence-electron chi connectivity index (χ2n) is 21.8. The number of amides is 2. The fourth-order valence-electron chi connectivity index (χ4n) is 12.2. The molecule has 2 spiro atoms. The Labute approximate surface area is 428 Å². The van der Waals surface area contributed by atoms with E-state index in [2.05, 4.69) is 62.0 Å². The molecule has 0 aromatic carbocycles. The van der Waals surface area contributed by atoms with Gasteiger partial charge < -0.3 is 23.2 Å². The summed E-state index contributed by atoms with van der Waals surface area (Å²) in [4.78, 5) is 25.4. The van der Waals surface area contributed by atoms with E-state index in [9.17, 15) is 31.0 Å². The van der Waals surface area contributed by atoms with E-state index >= 15 is 0 Å². The summed E-state index contributed by atoms with van der Waals surface area (Å²) in [5.41, 5.74) is -0.398. The Hall–Kier alpha value is -2.43. The van der Waals surface area contributed by atoms with Gasteiger partial charge in [0.05, 0.1) is 50.1 Å². The van der Waals surface area contributed by atoms with Gasteiger partial charge in [0, 0.05) is 45.7 Å².